The molecule has 2 aromatic carbocycles. The summed E-state index contributed by atoms with van der Waals surface area (Å²) in [6.07, 6.45) is 1.21. The summed E-state index contributed by atoms with van der Waals surface area (Å²) in [5.74, 6) is 0.541. The molecule has 7 nitrogen and oxygen atoms in total. The van der Waals surface area contributed by atoms with Crippen molar-refractivity contribution in [1.29, 1.82) is 0 Å². The molecule has 30 heavy (non-hydrogen) atoms. The Bertz CT molecular complexity index is 843. The largest absolute Gasteiger partial charge is 0.357 e. The number of thioether (sulfide) groups is 1. The number of nitrogens with zero attached hydrogens (tertiary/aromatic N) is 2. The van der Waals surface area contributed by atoms with Crippen LogP contribution in [0.5, 0.6) is 0 Å². The number of amides is 2. The first kappa shape index (κ1) is 23.4. The minimum Gasteiger partial charge on any atom is -0.357 e. The van der Waals surface area contributed by atoms with Gasteiger partial charge in [-0.15, -0.1) is 11.8 Å². The SMILES string of the molecule is CC[C@@H](C(=O)NC)N(CCc1ccccc1)C(=O)CSCc1ccc([N+](=O)[O-])cc1. The first-order chi connectivity index (χ1) is 14.5. The van der Waals surface area contributed by atoms with E-state index in [0.29, 0.717) is 25.1 Å². The lowest BCUT2D eigenvalue weighted by Crippen LogP contribution is -2.50. The molecule has 1 atom stereocenters. The van der Waals surface area contributed by atoms with E-state index in [1.807, 2.05) is 37.3 Å². The van der Waals surface area contributed by atoms with Crippen LogP contribution in [0.25, 0.3) is 0 Å². The molecule has 0 aliphatic heterocycles. The van der Waals surface area contributed by atoms with Gasteiger partial charge >= 0.3 is 0 Å². The fourth-order valence-corrected chi connectivity index (χ4v) is 3.99. The third-order valence-electron chi connectivity index (χ3n) is 4.76. The minimum absolute atomic E-state index is 0.0447. The second kappa shape index (κ2) is 12.0. The molecule has 1 N–H and O–H groups in total. The average Bonchev–Trinajstić information content (AvgIpc) is 2.77. The Hall–Kier alpha value is -2.87. The second-order valence-corrected chi connectivity index (χ2v) is 7.76. The predicted molar refractivity (Wildman–Crippen MR) is 119 cm³/mol. The summed E-state index contributed by atoms with van der Waals surface area (Å²) in [6.45, 7) is 2.36. The molecule has 0 bridgehead atoms. The predicted octanol–water partition coefficient (Wildman–Crippen LogP) is 3.42. The lowest BCUT2D eigenvalue weighted by molar-refractivity contribution is -0.384. The molecule has 0 radical (unpaired) electrons. The molecule has 0 unspecified atom stereocenters. The molecule has 0 spiro atoms. The highest BCUT2D eigenvalue weighted by molar-refractivity contribution is 7.99. The maximum atomic E-state index is 13.0. The fraction of sp³-hybridized carbons (Fsp3) is 0.364. The van der Waals surface area contributed by atoms with Crippen molar-refractivity contribution in [3.8, 4) is 0 Å². The van der Waals surface area contributed by atoms with Gasteiger partial charge in [-0.2, -0.15) is 0 Å². The topological polar surface area (TPSA) is 92.6 Å². The first-order valence-electron chi connectivity index (χ1n) is 9.82. The summed E-state index contributed by atoms with van der Waals surface area (Å²) in [7, 11) is 1.58. The Morgan fingerprint density at radius 3 is 2.33 bits per heavy atom. The molecule has 2 rings (SSSR count). The van der Waals surface area contributed by atoms with Crippen molar-refractivity contribution < 1.29 is 14.5 Å². The number of hydrogen-bond acceptors (Lipinski definition) is 5. The number of likely N-dealkylation sites (N-methyl/N-ethyl adjacent to an activating group) is 1. The Balaban J connectivity index is 1.99. The van der Waals surface area contributed by atoms with Crippen LogP contribution in [0, 0.1) is 10.1 Å². The van der Waals surface area contributed by atoms with Gasteiger partial charge in [-0.05, 0) is 24.0 Å². The monoisotopic (exact) mass is 429 g/mol. The first-order valence-corrected chi connectivity index (χ1v) is 11.0. The van der Waals surface area contributed by atoms with E-state index >= 15 is 0 Å². The van der Waals surface area contributed by atoms with Crippen LogP contribution < -0.4 is 5.32 Å². The molecule has 0 aromatic heterocycles. The van der Waals surface area contributed by atoms with Crippen LogP contribution in [0.15, 0.2) is 54.6 Å². The van der Waals surface area contributed by atoms with E-state index in [4.69, 9.17) is 0 Å². The Kier molecular flexibility index (Phi) is 9.34. The molecule has 0 aliphatic rings. The number of nitro benzene ring substituents is 1. The molecule has 0 saturated heterocycles. The van der Waals surface area contributed by atoms with Crippen LogP contribution >= 0.6 is 11.8 Å². The van der Waals surface area contributed by atoms with Gasteiger partial charge in [0.1, 0.15) is 6.04 Å². The fourth-order valence-electron chi connectivity index (χ4n) is 3.12. The number of hydrogen-bond donors (Lipinski definition) is 1. The standard InChI is InChI=1S/C22H27N3O4S/c1-3-20(22(27)23-2)24(14-13-17-7-5-4-6-8-17)21(26)16-30-15-18-9-11-19(12-10-18)25(28)29/h4-12,20H,3,13-16H2,1-2H3,(H,23,27)/t20-/m0/s1. The highest BCUT2D eigenvalue weighted by Gasteiger charge is 2.27. The second-order valence-electron chi connectivity index (χ2n) is 6.78. The summed E-state index contributed by atoms with van der Waals surface area (Å²) < 4.78 is 0. The van der Waals surface area contributed by atoms with Crippen LogP contribution in [0.1, 0.15) is 24.5 Å². The average molecular weight is 430 g/mol. The van der Waals surface area contributed by atoms with Gasteiger partial charge in [0, 0.05) is 31.5 Å². The third-order valence-corrected chi connectivity index (χ3v) is 5.75. The molecule has 2 aromatic rings. The van der Waals surface area contributed by atoms with Gasteiger partial charge in [0.05, 0.1) is 10.7 Å². The maximum Gasteiger partial charge on any atom is 0.269 e. The lowest BCUT2D eigenvalue weighted by atomic mass is 10.1. The normalized spacial score (nSPS) is 11.5. The molecule has 2 amide bonds. The van der Waals surface area contributed by atoms with Crippen LogP contribution in [0.2, 0.25) is 0 Å². The number of carbonyl (C=O) groups excluding carboxylic acids is 2. The quantitative estimate of drug-likeness (QED) is 0.436. The van der Waals surface area contributed by atoms with E-state index in [2.05, 4.69) is 5.32 Å². The molecule has 0 saturated carbocycles. The van der Waals surface area contributed by atoms with Crippen molar-refractivity contribution in [2.75, 3.05) is 19.3 Å². The molecular formula is C22H27N3O4S. The van der Waals surface area contributed by atoms with E-state index < -0.39 is 11.0 Å². The van der Waals surface area contributed by atoms with E-state index in [9.17, 15) is 19.7 Å². The molecule has 8 heteroatoms. The van der Waals surface area contributed by atoms with Crippen LogP contribution in [-0.4, -0.2) is 47.0 Å². The van der Waals surface area contributed by atoms with E-state index in [1.54, 1.807) is 24.1 Å². The molecule has 0 heterocycles. The van der Waals surface area contributed by atoms with Crippen molar-refractivity contribution in [2.24, 2.45) is 0 Å². The lowest BCUT2D eigenvalue weighted by Gasteiger charge is -2.30. The van der Waals surface area contributed by atoms with Gasteiger partial charge in [0.15, 0.2) is 0 Å². The molecule has 160 valence electrons. The summed E-state index contributed by atoms with van der Waals surface area (Å²) >= 11 is 1.43. The van der Waals surface area contributed by atoms with Crippen LogP contribution in [-0.2, 0) is 21.8 Å². The smallest absolute Gasteiger partial charge is 0.269 e. The van der Waals surface area contributed by atoms with Crippen molar-refractivity contribution in [3.05, 3.63) is 75.8 Å². The number of benzene rings is 2. The van der Waals surface area contributed by atoms with Gasteiger partial charge in [-0.1, -0.05) is 49.4 Å². The highest BCUT2D eigenvalue weighted by atomic mass is 32.2. The zero-order chi connectivity index (χ0) is 21.9. The van der Waals surface area contributed by atoms with Gasteiger partial charge < -0.3 is 10.2 Å². The summed E-state index contributed by atoms with van der Waals surface area (Å²) in [6, 6.07) is 15.7. The van der Waals surface area contributed by atoms with E-state index in [0.717, 1.165) is 11.1 Å². The van der Waals surface area contributed by atoms with Gasteiger partial charge in [-0.25, -0.2) is 0 Å². The number of nitro groups is 1. The molecule has 0 fully saturated rings. The summed E-state index contributed by atoms with van der Waals surface area (Å²) in [5, 5.41) is 13.4. The van der Waals surface area contributed by atoms with Crippen molar-refractivity contribution in [1.82, 2.24) is 10.2 Å². The van der Waals surface area contributed by atoms with Crippen molar-refractivity contribution >= 4 is 29.3 Å². The Labute approximate surface area is 181 Å². The number of rotatable bonds is 11. The zero-order valence-electron chi connectivity index (χ0n) is 17.2. The summed E-state index contributed by atoms with van der Waals surface area (Å²) in [4.78, 5) is 37.2. The maximum absolute atomic E-state index is 13.0. The zero-order valence-corrected chi connectivity index (χ0v) is 18.1. The number of nitrogens with one attached hydrogen (secondary N) is 1. The van der Waals surface area contributed by atoms with Crippen LogP contribution in [0.4, 0.5) is 5.69 Å². The minimum atomic E-state index is -0.508. The molecular weight excluding hydrogens is 402 g/mol. The van der Waals surface area contributed by atoms with Gasteiger partial charge in [0.2, 0.25) is 11.8 Å². The van der Waals surface area contributed by atoms with Gasteiger partial charge in [-0.3, -0.25) is 19.7 Å². The number of carbonyl (C=O) groups is 2. The van der Waals surface area contributed by atoms with Crippen molar-refractivity contribution in [2.45, 2.75) is 31.6 Å². The number of non-ortho nitro benzene ring substituents is 1. The third kappa shape index (κ3) is 6.88. The van der Waals surface area contributed by atoms with E-state index in [-0.39, 0.29) is 23.3 Å². The van der Waals surface area contributed by atoms with Crippen molar-refractivity contribution in [3.63, 3.8) is 0 Å². The Morgan fingerprint density at radius 1 is 1.10 bits per heavy atom. The van der Waals surface area contributed by atoms with Gasteiger partial charge in [0.25, 0.3) is 5.69 Å². The van der Waals surface area contributed by atoms with Crippen LogP contribution in [0.3, 0.4) is 0 Å². The Morgan fingerprint density at radius 2 is 1.77 bits per heavy atom. The highest BCUT2D eigenvalue weighted by Crippen LogP contribution is 2.18. The van der Waals surface area contributed by atoms with E-state index in [1.165, 1.54) is 23.9 Å². The summed E-state index contributed by atoms with van der Waals surface area (Å²) in [5.41, 5.74) is 2.07. The molecule has 0 aliphatic carbocycles.